The van der Waals surface area contributed by atoms with Crippen molar-refractivity contribution >= 4 is 23.6 Å². The van der Waals surface area contributed by atoms with Crippen LogP contribution in [0.15, 0.2) is 30.3 Å². The van der Waals surface area contributed by atoms with Gasteiger partial charge < -0.3 is 15.0 Å². The van der Waals surface area contributed by atoms with Crippen molar-refractivity contribution in [2.75, 3.05) is 33.4 Å². The second kappa shape index (κ2) is 12.1. The van der Waals surface area contributed by atoms with Crippen molar-refractivity contribution in [1.29, 1.82) is 0 Å². The lowest BCUT2D eigenvalue weighted by molar-refractivity contribution is -0.135. The van der Waals surface area contributed by atoms with E-state index in [1.807, 2.05) is 23.1 Å². The summed E-state index contributed by atoms with van der Waals surface area (Å²) in [6.07, 6.45) is 2.32. The first-order chi connectivity index (χ1) is 13.5. The van der Waals surface area contributed by atoms with Crippen LogP contribution in [0.5, 0.6) is 0 Å². The Morgan fingerprint density at radius 2 is 1.89 bits per heavy atom. The molecule has 1 aliphatic heterocycles. The van der Waals surface area contributed by atoms with Gasteiger partial charge in [-0.15, -0.1) is 11.8 Å². The third-order valence-corrected chi connectivity index (χ3v) is 6.73. The smallest absolute Gasteiger partial charge is 0.235 e. The van der Waals surface area contributed by atoms with E-state index in [4.69, 9.17) is 4.74 Å². The Morgan fingerprint density at radius 1 is 1.21 bits per heavy atom. The molecule has 1 aromatic rings. The Kier molecular flexibility index (Phi) is 9.85. The van der Waals surface area contributed by atoms with Gasteiger partial charge in [0.25, 0.3) is 0 Å². The second-order valence-electron chi connectivity index (χ2n) is 7.70. The molecule has 6 heteroatoms. The second-order valence-corrected chi connectivity index (χ2v) is 8.83. The van der Waals surface area contributed by atoms with Crippen molar-refractivity contribution in [3.63, 3.8) is 0 Å². The van der Waals surface area contributed by atoms with Crippen LogP contribution in [0.1, 0.15) is 38.7 Å². The van der Waals surface area contributed by atoms with Gasteiger partial charge in [-0.05, 0) is 30.7 Å². The van der Waals surface area contributed by atoms with Gasteiger partial charge in [-0.1, -0.05) is 44.2 Å². The third kappa shape index (κ3) is 7.13. The lowest BCUT2D eigenvalue weighted by atomic mass is 9.95. The van der Waals surface area contributed by atoms with Gasteiger partial charge in [-0.3, -0.25) is 9.59 Å². The number of carbonyl (C=O) groups is 2. The normalized spacial score (nSPS) is 16.2. The van der Waals surface area contributed by atoms with Crippen molar-refractivity contribution in [3.8, 4) is 0 Å². The molecule has 2 amide bonds. The first-order valence-corrected chi connectivity index (χ1v) is 11.3. The van der Waals surface area contributed by atoms with E-state index in [2.05, 4.69) is 31.3 Å². The minimum absolute atomic E-state index is 0.0149. The topological polar surface area (TPSA) is 58.6 Å². The molecule has 0 bridgehead atoms. The summed E-state index contributed by atoms with van der Waals surface area (Å²) in [6, 6.07) is 10.3. The summed E-state index contributed by atoms with van der Waals surface area (Å²) in [4.78, 5) is 27.3. The Bertz CT molecular complexity index is 601. The first-order valence-electron chi connectivity index (χ1n) is 10.2. The van der Waals surface area contributed by atoms with E-state index in [1.54, 1.807) is 18.9 Å². The molecular weight excluding hydrogens is 372 g/mol. The number of nitrogens with zero attached hydrogens (tertiary/aromatic N) is 1. The van der Waals surface area contributed by atoms with Gasteiger partial charge in [0.05, 0.1) is 5.25 Å². The maximum atomic E-state index is 13.1. The number of carbonyl (C=O) groups excluding carboxylic acids is 2. The van der Waals surface area contributed by atoms with Crippen LogP contribution in [-0.4, -0.2) is 55.3 Å². The maximum Gasteiger partial charge on any atom is 0.235 e. The summed E-state index contributed by atoms with van der Waals surface area (Å²) in [6.45, 7) is 6.87. The van der Waals surface area contributed by atoms with Crippen molar-refractivity contribution in [3.05, 3.63) is 35.9 Å². The molecular formula is C22H34N2O3S. The van der Waals surface area contributed by atoms with Gasteiger partial charge in [0.15, 0.2) is 0 Å². The van der Waals surface area contributed by atoms with Crippen molar-refractivity contribution in [2.45, 2.75) is 44.1 Å². The minimum Gasteiger partial charge on any atom is -0.385 e. The van der Waals surface area contributed by atoms with Crippen molar-refractivity contribution < 1.29 is 14.3 Å². The number of benzene rings is 1. The molecule has 1 unspecified atom stereocenters. The van der Waals surface area contributed by atoms with E-state index in [0.29, 0.717) is 26.2 Å². The summed E-state index contributed by atoms with van der Waals surface area (Å²) in [7, 11) is 1.66. The van der Waals surface area contributed by atoms with Crippen LogP contribution in [0, 0.1) is 11.8 Å². The summed E-state index contributed by atoms with van der Waals surface area (Å²) in [5, 5.41) is 2.94. The summed E-state index contributed by atoms with van der Waals surface area (Å²) in [5.41, 5.74) is 1.25. The highest BCUT2D eigenvalue weighted by molar-refractivity contribution is 7.99. The quantitative estimate of drug-likeness (QED) is 0.606. The zero-order chi connectivity index (χ0) is 20.4. The highest BCUT2D eigenvalue weighted by Gasteiger charge is 2.32. The highest BCUT2D eigenvalue weighted by atomic mass is 32.2. The Labute approximate surface area is 173 Å². The molecule has 1 heterocycles. The van der Waals surface area contributed by atoms with E-state index in [9.17, 15) is 9.59 Å². The predicted octanol–water partition coefficient (Wildman–Crippen LogP) is 3.34. The molecule has 0 aliphatic carbocycles. The fraction of sp³-hybridized carbons (Fsp3) is 0.636. The number of nitrogens with one attached hydrogen (secondary N) is 1. The van der Waals surface area contributed by atoms with Gasteiger partial charge in [0, 0.05) is 45.0 Å². The van der Waals surface area contributed by atoms with Crippen LogP contribution >= 0.6 is 11.8 Å². The number of ether oxygens (including phenoxy) is 1. The first kappa shape index (κ1) is 22.8. The SMILES string of the molecule is COCCCNC(=O)C1CCN(C(=O)C(SCc2ccccc2)C(C)C)CC1. The molecule has 1 aromatic carbocycles. The fourth-order valence-electron chi connectivity index (χ4n) is 3.42. The molecule has 0 saturated carbocycles. The van der Waals surface area contributed by atoms with Crippen LogP contribution in [0.2, 0.25) is 0 Å². The largest absolute Gasteiger partial charge is 0.385 e. The lowest BCUT2D eigenvalue weighted by Gasteiger charge is -2.34. The number of piperidine rings is 1. The van der Waals surface area contributed by atoms with E-state index < -0.39 is 0 Å². The number of methoxy groups -OCH3 is 1. The molecule has 1 atom stereocenters. The van der Waals surface area contributed by atoms with Gasteiger partial charge in [0.1, 0.15) is 0 Å². The minimum atomic E-state index is -0.0420. The zero-order valence-electron chi connectivity index (χ0n) is 17.4. The van der Waals surface area contributed by atoms with Gasteiger partial charge in [0.2, 0.25) is 11.8 Å². The molecule has 156 valence electrons. The summed E-state index contributed by atoms with van der Waals surface area (Å²) >= 11 is 1.72. The van der Waals surface area contributed by atoms with E-state index >= 15 is 0 Å². The van der Waals surface area contributed by atoms with E-state index in [-0.39, 0.29) is 28.9 Å². The molecule has 0 spiro atoms. The molecule has 0 radical (unpaired) electrons. The Hall–Kier alpha value is -1.53. The molecule has 1 fully saturated rings. The lowest BCUT2D eigenvalue weighted by Crippen LogP contribution is -2.47. The molecule has 0 aromatic heterocycles. The van der Waals surface area contributed by atoms with Gasteiger partial charge in [-0.25, -0.2) is 0 Å². The van der Waals surface area contributed by atoms with Crippen LogP contribution < -0.4 is 5.32 Å². The molecule has 1 aliphatic rings. The Balaban J connectivity index is 1.80. The van der Waals surface area contributed by atoms with Gasteiger partial charge >= 0.3 is 0 Å². The number of rotatable bonds is 10. The number of likely N-dealkylation sites (tertiary alicyclic amines) is 1. The van der Waals surface area contributed by atoms with Gasteiger partial charge in [-0.2, -0.15) is 0 Å². The third-order valence-electron chi connectivity index (χ3n) is 5.12. The van der Waals surface area contributed by atoms with E-state index in [1.165, 1.54) is 5.56 Å². The maximum absolute atomic E-state index is 13.1. The van der Waals surface area contributed by atoms with E-state index in [0.717, 1.165) is 25.0 Å². The van der Waals surface area contributed by atoms with Crippen LogP contribution in [0.3, 0.4) is 0 Å². The molecule has 1 N–H and O–H groups in total. The zero-order valence-corrected chi connectivity index (χ0v) is 18.2. The number of hydrogen-bond acceptors (Lipinski definition) is 4. The van der Waals surface area contributed by atoms with Crippen LogP contribution in [0.25, 0.3) is 0 Å². The number of thioether (sulfide) groups is 1. The molecule has 5 nitrogen and oxygen atoms in total. The standard InChI is InChI=1S/C22H34N2O3S/c1-17(2)20(28-16-18-8-5-4-6-9-18)22(26)24-13-10-19(11-14-24)21(25)23-12-7-15-27-3/h4-6,8-9,17,19-20H,7,10-16H2,1-3H3,(H,23,25). The number of amides is 2. The van der Waals surface area contributed by atoms with Crippen molar-refractivity contribution in [1.82, 2.24) is 10.2 Å². The van der Waals surface area contributed by atoms with Crippen molar-refractivity contribution in [2.24, 2.45) is 11.8 Å². The monoisotopic (exact) mass is 406 g/mol. The molecule has 2 rings (SSSR count). The highest BCUT2D eigenvalue weighted by Crippen LogP contribution is 2.27. The molecule has 28 heavy (non-hydrogen) atoms. The predicted molar refractivity (Wildman–Crippen MR) is 115 cm³/mol. The Morgan fingerprint density at radius 3 is 2.50 bits per heavy atom. The average Bonchev–Trinajstić information content (AvgIpc) is 2.71. The van der Waals surface area contributed by atoms with Crippen LogP contribution in [0.4, 0.5) is 0 Å². The summed E-state index contributed by atoms with van der Waals surface area (Å²) < 4.78 is 5.00. The fourth-order valence-corrected chi connectivity index (χ4v) is 4.66. The summed E-state index contributed by atoms with van der Waals surface area (Å²) in [5.74, 6) is 1.47. The van der Waals surface area contributed by atoms with Crippen LogP contribution in [-0.2, 0) is 20.1 Å². The molecule has 1 saturated heterocycles. The average molecular weight is 407 g/mol. The number of hydrogen-bond donors (Lipinski definition) is 1.